The van der Waals surface area contributed by atoms with Crippen molar-refractivity contribution in [2.75, 3.05) is 18.4 Å². The minimum atomic E-state index is -0.414. The van der Waals surface area contributed by atoms with Crippen molar-refractivity contribution in [2.45, 2.75) is 44.7 Å². The molecule has 0 bridgehead atoms. The number of anilines is 1. The summed E-state index contributed by atoms with van der Waals surface area (Å²) in [4.78, 5) is 30.4. The van der Waals surface area contributed by atoms with E-state index >= 15 is 0 Å². The molecule has 1 aromatic rings. The van der Waals surface area contributed by atoms with E-state index in [0.717, 1.165) is 38.8 Å². The Kier molecular flexibility index (Phi) is 3.46. The number of carbonyl (C=O) groups excluding carboxylic acids is 1. The van der Waals surface area contributed by atoms with Crippen LogP contribution in [-0.4, -0.2) is 39.5 Å². The zero-order valence-electron chi connectivity index (χ0n) is 11.7. The standard InChI is InChI=1S/C14H20N4O2/c1-10(13(19)17-7-2-3-8-17)16-12-14(20)18(9-6-15-12)11-4-5-11/h6,9-11H,2-5,7-8H2,1H3,(H,15,16). The number of nitrogens with one attached hydrogen (secondary N) is 1. The first-order chi connectivity index (χ1) is 9.66. The summed E-state index contributed by atoms with van der Waals surface area (Å²) >= 11 is 0. The smallest absolute Gasteiger partial charge is 0.293 e. The molecule has 1 saturated heterocycles. The summed E-state index contributed by atoms with van der Waals surface area (Å²) in [7, 11) is 0. The zero-order valence-corrected chi connectivity index (χ0v) is 11.7. The summed E-state index contributed by atoms with van der Waals surface area (Å²) in [5.41, 5.74) is -0.129. The molecule has 1 aromatic heterocycles. The maximum absolute atomic E-state index is 12.2. The molecule has 0 radical (unpaired) electrons. The molecule has 1 amide bonds. The third-order valence-electron chi connectivity index (χ3n) is 3.95. The van der Waals surface area contributed by atoms with Gasteiger partial charge in [0.1, 0.15) is 6.04 Å². The number of nitrogens with zero attached hydrogens (tertiary/aromatic N) is 3. The molecule has 2 heterocycles. The Balaban J connectivity index is 1.72. The van der Waals surface area contributed by atoms with Gasteiger partial charge in [0.25, 0.3) is 5.56 Å². The largest absolute Gasteiger partial charge is 0.354 e. The van der Waals surface area contributed by atoms with Crippen LogP contribution in [0.25, 0.3) is 0 Å². The number of amides is 1. The first kappa shape index (κ1) is 13.1. The van der Waals surface area contributed by atoms with Crippen molar-refractivity contribution in [1.82, 2.24) is 14.5 Å². The molecule has 3 rings (SSSR count). The average Bonchev–Trinajstić information content (AvgIpc) is 3.14. The lowest BCUT2D eigenvalue weighted by molar-refractivity contribution is -0.130. The molecule has 1 aliphatic heterocycles. The van der Waals surface area contributed by atoms with Crippen LogP contribution >= 0.6 is 0 Å². The highest BCUT2D eigenvalue weighted by atomic mass is 16.2. The lowest BCUT2D eigenvalue weighted by Crippen LogP contribution is -2.41. The van der Waals surface area contributed by atoms with Gasteiger partial charge < -0.3 is 14.8 Å². The van der Waals surface area contributed by atoms with Gasteiger partial charge in [-0.25, -0.2) is 4.98 Å². The van der Waals surface area contributed by atoms with Gasteiger partial charge in [-0.05, 0) is 32.6 Å². The van der Waals surface area contributed by atoms with Gasteiger partial charge >= 0.3 is 0 Å². The predicted octanol–water partition coefficient (Wildman–Crippen LogP) is 1.00. The van der Waals surface area contributed by atoms with E-state index in [1.54, 1.807) is 23.9 Å². The number of carbonyl (C=O) groups is 1. The van der Waals surface area contributed by atoms with E-state index < -0.39 is 6.04 Å². The molecular formula is C14H20N4O2. The summed E-state index contributed by atoms with van der Waals surface area (Å²) in [5, 5.41) is 2.97. The van der Waals surface area contributed by atoms with Crippen molar-refractivity contribution in [1.29, 1.82) is 0 Å². The minimum absolute atomic E-state index is 0.0468. The third kappa shape index (κ3) is 2.55. The highest BCUT2D eigenvalue weighted by molar-refractivity contribution is 5.84. The maximum atomic E-state index is 12.2. The Labute approximate surface area is 117 Å². The van der Waals surface area contributed by atoms with E-state index in [9.17, 15) is 9.59 Å². The molecule has 6 nitrogen and oxygen atoms in total. The van der Waals surface area contributed by atoms with Crippen LogP contribution in [0.4, 0.5) is 5.82 Å². The number of hydrogen-bond acceptors (Lipinski definition) is 4. The molecule has 2 aliphatic rings. The first-order valence-corrected chi connectivity index (χ1v) is 7.29. The Hall–Kier alpha value is -1.85. The lowest BCUT2D eigenvalue weighted by Gasteiger charge is -2.21. The Morgan fingerprint density at radius 3 is 2.75 bits per heavy atom. The molecule has 1 atom stereocenters. The van der Waals surface area contributed by atoms with Crippen molar-refractivity contribution in [3.05, 3.63) is 22.7 Å². The second-order valence-electron chi connectivity index (χ2n) is 5.62. The average molecular weight is 276 g/mol. The van der Waals surface area contributed by atoms with E-state index in [0.29, 0.717) is 6.04 Å². The van der Waals surface area contributed by atoms with Gasteiger partial charge in [-0.15, -0.1) is 0 Å². The quantitative estimate of drug-likeness (QED) is 0.891. The molecule has 1 unspecified atom stereocenters. The van der Waals surface area contributed by atoms with Crippen LogP contribution in [0.15, 0.2) is 17.2 Å². The van der Waals surface area contributed by atoms with Gasteiger partial charge in [0.05, 0.1) is 0 Å². The number of rotatable bonds is 4. The lowest BCUT2D eigenvalue weighted by atomic mass is 10.3. The van der Waals surface area contributed by atoms with Crippen molar-refractivity contribution in [3.63, 3.8) is 0 Å². The van der Waals surface area contributed by atoms with E-state index in [-0.39, 0.29) is 17.3 Å². The van der Waals surface area contributed by atoms with Crippen molar-refractivity contribution in [3.8, 4) is 0 Å². The second-order valence-corrected chi connectivity index (χ2v) is 5.62. The van der Waals surface area contributed by atoms with Crippen LogP contribution < -0.4 is 10.9 Å². The van der Waals surface area contributed by atoms with Gasteiger partial charge in [0, 0.05) is 31.5 Å². The monoisotopic (exact) mass is 276 g/mol. The Bertz CT molecular complexity index is 559. The number of aromatic nitrogens is 2. The Morgan fingerprint density at radius 1 is 1.40 bits per heavy atom. The fraction of sp³-hybridized carbons (Fsp3) is 0.643. The van der Waals surface area contributed by atoms with Crippen LogP contribution in [0.2, 0.25) is 0 Å². The summed E-state index contributed by atoms with van der Waals surface area (Å²) in [5.74, 6) is 0.324. The first-order valence-electron chi connectivity index (χ1n) is 7.29. The zero-order chi connectivity index (χ0) is 14.1. The third-order valence-corrected chi connectivity index (χ3v) is 3.95. The number of hydrogen-bond donors (Lipinski definition) is 1. The van der Waals surface area contributed by atoms with Gasteiger partial charge in [-0.2, -0.15) is 0 Å². The summed E-state index contributed by atoms with van der Waals surface area (Å²) < 4.78 is 1.71. The Morgan fingerprint density at radius 2 is 2.10 bits per heavy atom. The van der Waals surface area contributed by atoms with Crippen LogP contribution in [0.1, 0.15) is 38.6 Å². The highest BCUT2D eigenvalue weighted by Gasteiger charge is 2.27. The molecular weight excluding hydrogens is 256 g/mol. The predicted molar refractivity (Wildman–Crippen MR) is 75.7 cm³/mol. The molecule has 2 fully saturated rings. The van der Waals surface area contributed by atoms with Crippen molar-refractivity contribution < 1.29 is 4.79 Å². The van der Waals surface area contributed by atoms with Gasteiger partial charge in [-0.1, -0.05) is 0 Å². The SMILES string of the molecule is CC(Nc1nccn(C2CC2)c1=O)C(=O)N1CCCC1. The molecule has 1 N–H and O–H groups in total. The molecule has 6 heteroatoms. The van der Waals surface area contributed by atoms with Crippen molar-refractivity contribution >= 4 is 11.7 Å². The van der Waals surface area contributed by atoms with Crippen LogP contribution in [0.5, 0.6) is 0 Å². The molecule has 0 spiro atoms. The van der Waals surface area contributed by atoms with Crippen LogP contribution in [-0.2, 0) is 4.79 Å². The van der Waals surface area contributed by atoms with Gasteiger partial charge in [0.15, 0.2) is 5.82 Å². The molecule has 20 heavy (non-hydrogen) atoms. The van der Waals surface area contributed by atoms with Crippen molar-refractivity contribution in [2.24, 2.45) is 0 Å². The van der Waals surface area contributed by atoms with E-state index in [1.807, 2.05) is 4.90 Å². The topological polar surface area (TPSA) is 67.2 Å². The highest BCUT2D eigenvalue weighted by Crippen LogP contribution is 2.33. The summed E-state index contributed by atoms with van der Waals surface area (Å²) in [6, 6.07) is -0.0982. The van der Waals surface area contributed by atoms with E-state index in [4.69, 9.17) is 0 Å². The van der Waals surface area contributed by atoms with Crippen LogP contribution in [0, 0.1) is 0 Å². The normalized spacial score (nSPS) is 19.9. The molecule has 0 aromatic carbocycles. The fourth-order valence-corrected chi connectivity index (χ4v) is 2.64. The maximum Gasteiger partial charge on any atom is 0.293 e. The fourth-order valence-electron chi connectivity index (χ4n) is 2.64. The second kappa shape index (κ2) is 5.26. The van der Waals surface area contributed by atoms with Gasteiger partial charge in [0.2, 0.25) is 5.91 Å². The molecule has 1 saturated carbocycles. The summed E-state index contributed by atoms with van der Waals surface area (Å²) in [6.07, 6.45) is 7.57. The number of likely N-dealkylation sites (tertiary alicyclic amines) is 1. The summed E-state index contributed by atoms with van der Waals surface area (Å²) in [6.45, 7) is 3.43. The van der Waals surface area contributed by atoms with Crippen LogP contribution in [0.3, 0.4) is 0 Å². The van der Waals surface area contributed by atoms with E-state index in [1.165, 1.54) is 0 Å². The van der Waals surface area contributed by atoms with E-state index in [2.05, 4.69) is 10.3 Å². The molecule has 108 valence electrons. The van der Waals surface area contributed by atoms with Gasteiger partial charge in [-0.3, -0.25) is 9.59 Å². The molecule has 1 aliphatic carbocycles. The minimum Gasteiger partial charge on any atom is -0.354 e.